The maximum atomic E-state index is 10.9. The van der Waals surface area contributed by atoms with E-state index in [4.69, 9.17) is 19.3 Å². The van der Waals surface area contributed by atoms with Gasteiger partial charge >= 0.3 is 5.97 Å². The summed E-state index contributed by atoms with van der Waals surface area (Å²) in [4.78, 5) is 10.9. The summed E-state index contributed by atoms with van der Waals surface area (Å²) in [7, 11) is 3.24. The van der Waals surface area contributed by atoms with E-state index in [2.05, 4.69) is 5.32 Å². The summed E-state index contributed by atoms with van der Waals surface area (Å²) in [6, 6.07) is 0. The molecule has 0 radical (unpaired) electrons. The Bertz CT molecular complexity index is 212. The van der Waals surface area contributed by atoms with Crippen LogP contribution in [-0.4, -0.2) is 63.8 Å². The fourth-order valence-electron chi connectivity index (χ4n) is 1.04. The first-order chi connectivity index (χ1) is 8.06. The Hall–Kier alpha value is -0.690. The van der Waals surface area contributed by atoms with Gasteiger partial charge in [-0.2, -0.15) is 0 Å². The van der Waals surface area contributed by atoms with Crippen LogP contribution in [0.15, 0.2) is 0 Å². The Morgan fingerprint density at radius 3 is 2.41 bits per heavy atom. The van der Waals surface area contributed by atoms with Crippen molar-refractivity contribution in [2.75, 3.05) is 47.2 Å². The van der Waals surface area contributed by atoms with Crippen molar-refractivity contribution in [3.05, 3.63) is 0 Å². The van der Waals surface area contributed by atoms with Gasteiger partial charge in [0.15, 0.2) is 0 Å². The molecule has 6 nitrogen and oxygen atoms in total. The highest BCUT2D eigenvalue weighted by atomic mass is 16.5. The lowest BCUT2D eigenvalue weighted by Crippen LogP contribution is -2.51. The van der Waals surface area contributed by atoms with E-state index in [1.165, 1.54) is 0 Å². The van der Waals surface area contributed by atoms with Crippen LogP contribution in [0.5, 0.6) is 0 Å². The van der Waals surface area contributed by atoms with Crippen LogP contribution in [0, 0.1) is 0 Å². The number of carboxylic acid groups (broad SMARTS) is 1. The Balaban J connectivity index is 3.47. The van der Waals surface area contributed by atoms with Crippen LogP contribution >= 0.6 is 0 Å². The maximum absolute atomic E-state index is 10.9. The van der Waals surface area contributed by atoms with Crippen molar-refractivity contribution in [2.45, 2.75) is 18.9 Å². The van der Waals surface area contributed by atoms with Crippen LogP contribution in [0.1, 0.15) is 13.3 Å². The van der Waals surface area contributed by atoms with Gasteiger partial charge in [-0.15, -0.1) is 0 Å². The Labute approximate surface area is 102 Å². The van der Waals surface area contributed by atoms with E-state index < -0.39 is 11.5 Å². The van der Waals surface area contributed by atoms with Gasteiger partial charge in [0.2, 0.25) is 0 Å². The molecule has 0 bridgehead atoms. The molecule has 0 aromatic rings. The van der Waals surface area contributed by atoms with Crippen molar-refractivity contribution in [1.29, 1.82) is 0 Å². The van der Waals surface area contributed by atoms with E-state index in [-0.39, 0.29) is 6.61 Å². The first-order valence-corrected chi connectivity index (χ1v) is 5.63. The highest BCUT2D eigenvalue weighted by molar-refractivity contribution is 5.78. The number of nitrogens with one attached hydrogen (secondary N) is 1. The molecule has 102 valence electrons. The van der Waals surface area contributed by atoms with Crippen LogP contribution in [0.25, 0.3) is 0 Å². The van der Waals surface area contributed by atoms with E-state index in [1.807, 2.05) is 0 Å². The molecule has 1 unspecified atom stereocenters. The molecule has 1 atom stereocenters. The zero-order chi connectivity index (χ0) is 13.1. The number of methoxy groups -OCH3 is 1. The zero-order valence-corrected chi connectivity index (χ0v) is 10.8. The standard InChI is InChI=1S/C11H23NO5/c1-11(12-2,10(13)14)9-17-8-7-16-6-4-5-15-3/h12H,4-9H2,1-3H3,(H,13,14). The van der Waals surface area contributed by atoms with Gasteiger partial charge in [-0.1, -0.05) is 0 Å². The van der Waals surface area contributed by atoms with Crippen LogP contribution in [0.3, 0.4) is 0 Å². The molecular formula is C11H23NO5. The Morgan fingerprint density at radius 2 is 1.88 bits per heavy atom. The first-order valence-electron chi connectivity index (χ1n) is 5.63. The molecule has 0 rings (SSSR count). The second-order valence-electron chi connectivity index (χ2n) is 3.90. The number of carboxylic acids is 1. The second-order valence-corrected chi connectivity index (χ2v) is 3.90. The van der Waals surface area contributed by atoms with Crippen molar-refractivity contribution >= 4 is 5.97 Å². The molecule has 0 saturated carbocycles. The number of hydrogen-bond acceptors (Lipinski definition) is 5. The lowest BCUT2D eigenvalue weighted by Gasteiger charge is -2.23. The van der Waals surface area contributed by atoms with Crippen LogP contribution < -0.4 is 5.32 Å². The minimum Gasteiger partial charge on any atom is -0.480 e. The number of aliphatic carboxylic acids is 1. The number of rotatable bonds is 11. The first kappa shape index (κ1) is 16.3. The molecule has 6 heteroatoms. The topological polar surface area (TPSA) is 77.0 Å². The molecule has 0 heterocycles. The minimum atomic E-state index is -1.05. The molecule has 0 aliphatic carbocycles. The van der Waals surface area contributed by atoms with Crippen molar-refractivity contribution in [2.24, 2.45) is 0 Å². The molecule has 0 aromatic carbocycles. The van der Waals surface area contributed by atoms with Crippen molar-refractivity contribution in [3.63, 3.8) is 0 Å². The molecular weight excluding hydrogens is 226 g/mol. The van der Waals surface area contributed by atoms with Gasteiger partial charge in [0.1, 0.15) is 5.54 Å². The predicted octanol–water partition coefficient (Wildman–Crippen LogP) is 0.119. The molecule has 0 spiro atoms. The lowest BCUT2D eigenvalue weighted by atomic mass is 10.1. The van der Waals surface area contributed by atoms with E-state index in [9.17, 15) is 4.79 Å². The summed E-state index contributed by atoms with van der Waals surface area (Å²) in [5.41, 5.74) is -1.05. The minimum absolute atomic E-state index is 0.111. The maximum Gasteiger partial charge on any atom is 0.326 e. The van der Waals surface area contributed by atoms with Gasteiger partial charge in [-0.25, -0.2) is 0 Å². The van der Waals surface area contributed by atoms with E-state index in [1.54, 1.807) is 21.1 Å². The summed E-state index contributed by atoms with van der Waals surface area (Å²) in [6.45, 7) is 3.84. The normalized spacial score (nSPS) is 14.5. The van der Waals surface area contributed by atoms with Gasteiger partial charge in [0.05, 0.1) is 19.8 Å². The summed E-state index contributed by atoms with van der Waals surface area (Å²) >= 11 is 0. The molecule has 0 aromatic heterocycles. The zero-order valence-electron chi connectivity index (χ0n) is 10.8. The summed E-state index contributed by atoms with van der Waals surface area (Å²) in [5, 5.41) is 11.7. The number of ether oxygens (including phenoxy) is 3. The van der Waals surface area contributed by atoms with Crippen molar-refractivity contribution in [3.8, 4) is 0 Å². The summed E-state index contributed by atoms with van der Waals surface area (Å²) in [6.07, 6.45) is 0.847. The fourth-order valence-corrected chi connectivity index (χ4v) is 1.04. The smallest absolute Gasteiger partial charge is 0.326 e. The van der Waals surface area contributed by atoms with Crippen LogP contribution in [0.4, 0.5) is 0 Å². The molecule has 0 amide bonds. The highest BCUT2D eigenvalue weighted by Crippen LogP contribution is 2.03. The highest BCUT2D eigenvalue weighted by Gasteiger charge is 2.31. The van der Waals surface area contributed by atoms with Crippen molar-refractivity contribution < 1.29 is 24.1 Å². The number of likely N-dealkylation sites (N-methyl/N-ethyl adjacent to an activating group) is 1. The van der Waals surface area contributed by atoms with Crippen molar-refractivity contribution in [1.82, 2.24) is 5.32 Å². The molecule has 0 fully saturated rings. The van der Waals surface area contributed by atoms with Crippen LogP contribution in [-0.2, 0) is 19.0 Å². The Kier molecular flexibility index (Phi) is 8.97. The van der Waals surface area contributed by atoms with E-state index >= 15 is 0 Å². The predicted molar refractivity (Wildman–Crippen MR) is 63.2 cm³/mol. The fraction of sp³-hybridized carbons (Fsp3) is 0.909. The molecule has 0 aliphatic heterocycles. The van der Waals surface area contributed by atoms with Gasteiger partial charge < -0.3 is 24.6 Å². The average molecular weight is 249 g/mol. The third-order valence-corrected chi connectivity index (χ3v) is 2.42. The SMILES string of the molecule is CNC(C)(COCCOCCCOC)C(=O)O. The third kappa shape index (κ3) is 7.27. The van der Waals surface area contributed by atoms with Crippen LogP contribution in [0.2, 0.25) is 0 Å². The summed E-state index contributed by atoms with van der Waals surface area (Å²) < 4.78 is 15.4. The summed E-state index contributed by atoms with van der Waals surface area (Å²) in [5.74, 6) is -0.930. The molecule has 2 N–H and O–H groups in total. The van der Waals surface area contributed by atoms with E-state index in [0.29, 0.717) is 26.4 Å². The quantitative estimate of drug-likeness (QED) is 0.506. The van der Waals surface area contributed by atoms with Gasteiger partial charge in [-0.05, 0) is 20.4 Å². The Morgan fingerprint density at radius 1 is 1.24 bits per heavy atom. The van der Waals surface area contributed by atoms with Gasteiger partial charge in [0, 0.05) is 20.3 Å². The van der Waals surface area contributed by atoms with Gasteiger partial charge in [-0.3, -0.25) is 4.79 Å². The monoisotopic (exact) mass is 249 g/mol. The second kappa shape index (κ2) is 9.35. The molecule has 0 aliphatic rings. The largest absolute Gasteiger partial charge is 0.480 e. The molecule has 17 heavy (non-hydrogen) atoms. The van der Waals surface area contributed by atoms with Gasteiger partial charge in [0.25, 0.3) is 0 Å². The average Bonchev–Trinajstić information content (AvgIpc) is 2.32. The lowest BCUT2D eigenvalue weighted by molar-refractivity contribution is -0.146. The molecule has 0 saturated heterocycles. The third-order valence-electron chi connectivity index (χ3n) is 2.42. The van der Waals surface area contributed by atoms with E-state index in [0.717, 1.165) is 6.42 Å². The number of hydrogen-bond donors (Lipinski definition) is 2. The number of carbonyl (C=O) groups is 1.